The topological polar surface area (TPSA) is 26.3 Å². The van der Waals surface area contributed by atoms with E-state index in [0.29, 0.717) is 6.42 Å². The molecule has 0 radical (unpaired) electrons. The van der Waals surface area contributed by atoms with Gasteiger partial charge in [-0.2, -0.15) is 0 Å². The summed E-state index contributed by atoms with van der Waals surface area (Å²) < 4.78 is 4.58. The highest BCUT2D eigenvalue weighted by atomic mass is 16.5. The molecule has 0 heterocycles. The normalized spacial score (nSPS) is 21.4. The summed E-state index contributed by atoms with van der Waals surface area (Å²) in [6, 6.07) is 0. The molecule has 1 rings (SSSR count). The van der Waals surface area contributed by atoms with Crippen molar-refractivity contribution >= 4 is 5.97 Å². The summed E-state index contributed by atoms with van der Waals surface area (Å²) in [7, 11) is 1.45. The van der Waals surface area contributed by atoms with Crippen molar-refractivity contribution in [2.75, 3.05) is 7.11 Å². The number of ether oxygens (including phenoxy) is 1. The van der Waals surface area contributed by atoms with Crippen LogP contribution in [0.15, 0.2) is 0 Å². The molecule has 10 heavy (non-hydrogen) atoms. The summed E-state index contributed by atoms with van der Waals surface area (Å²) in [5.74, 6) is -0.0674. The number of carbonyl (C=O) groups is 1. The van der Waals surface area contributed by atoms with E-state index in [1.165, 1.54) is 26.4 Å². The van der Waals surface area contributed by atoms with Crippen molar-refractivity contribution in [1.29, 1.82) is 0 Å². The maximum atomic E-state index is 10.8. The fourth-order valence-electron chi connectivity index (χ4n) is 1.38. The van der Waals surface area contributed by atoms with Crippen LogP contribution in [-0.2, 0) is 9.53 Å². The lowest BCUT2D eigenvalue weighted by Crippen LogP contribution is -2.28. The highest BCUT2D eigenvalue weighted by molar-refractivity contribution is 5.70. The molecule has 2 heteroatoms. The van der Waals surface area contributed by atoms with Crippen LogP contribution in [0.1, 0.15) is 32.6 Å². The molecule has 0 aliphatic heterocycles. The SMILES string of the molecule is COC(=O)CC1(C)CCC1. The molecule has 1 fully saturated rings. The summed E-state index contributed by atoms with van der Waals surface area (Å²) in [6.45, 7) is 2.15. The first-order valence-corrected chi connectivity index (χ1v) is 3.73. The van der Waals surface area contributed by atoms with E-state index >= 15 is 0 Å². The number of carbonyl (C=O) groups excluding carboxylic acids is 1. The summed E-state index contributed by atoms with van der Waals surface area (Å²) in [6.07, 6.45) is 4.24. The summed E-state index contributed by atoms with van der Waals surface area (Å²) in [5, 5.41) is 0. The fraction of sp³-hybridized carbons (Fsp3) is 0.875. The Morgan fingerprint density at radius 2 is 2.20 bits per heavy atom. The maximum absolute atomic E-state index is 10.8. The van der Waals surface area contributed by atoms with E-state index < -0.39 is 0 Å². The van der Waals surface area contributed by atoms with Crippen LogP contribution in [0.3, 0.4) is 0 Å². The Hall–Kier alpha value is -0.530. The first kappa shape index (κ1) is 7.58. The molecule has 0 aromatic carbocycles. The molecule has 0 spiro atoms. The van der Waals surface area contributed by atoms with Crippen LogP contribution in [-0.4, -0.2) is 13.1 Å². The van der Waals surface area contributed by atoms with E-state index in [2.05, 4.69) is 11.7 Å². The van der Waals surface area contributed by atoms with Crippen molar-refractivity contribution in [3.05, 3.63) is 0 Å². The molecule has 0 aromatic rings. The second-order valence-corrected chi connectivity index (χ2v) is 3.42. The van der Waals surface area contributed by atoms with E-state index in [-0.39, 0.29) is 11.4 Å². The largest absolute Gasteiger partial charge is 0.469 e. The summed E-state index contributed by atoms with van der Waals surface area (Å²) in [4.78, 5) is 10.8. The molecule has 58 valence electrons. The van der Waals surface area contributed by atoms with Crippen LogP contribution in [0.5, 0.6) is 0 Å². The van der Waals surface area contributed by atoms with Gasteiger partial charge in [0.15, 0.2) is 0 Å². The molecule has 0 N–H and O–H groups in total. The second-order valence-electron chi connectivity index (χ2n) is 3.42. The minimum atomic E-state index is -0.0674. The van der Waals surface area contributed by atoms with Gasteiger partial charge in [0.1, 0.15) is 0 Å². The van der Waals surface area contributed by atoms with Crippen LogP contribution in [0, 0.1) is 5.41 Å². The van der Waals surface area contributed by atoms with Crippen molar-refractivity contribution in [1.82, 2.24) is 0 Å². The van der Waals surface area contributed by atoms with Crippen molar-refractivity contribution < 1.29 is 9.53 Å². The lowest BCUT2D eigenvalue weighted by atomic mass is 9.68. The number of hydrogen-bond donors (Lipinski definition) is 0. The third-order valence-corrected chi connectivity index (χ3v) is 2.36. The molecule has 0 unspecified atom stereocenters. The smallest absolute Gasteiger partial charge is 0.306 e. The fourth-order valence-corrected chi connectivity index (χ4v) is 1.38. The minimum Gasteiger partial charge on any atom is -0.469 e. The molecule has 0 bridgehead atoms. The average molecular weight is 142 g/mol. The lowest BCUT2D eigenvalue weighted by Gasteiger charge is -2.37. The molecular formula is C8H14O2. The number of methoxy groups -OCH3 is 1. The Kier molecular flexibility index (Phi) is 1.97. The van der Waals surface area contributed by atoms with Gasteiger partial charge in [0, 0.05) is 0 Å². The van der Waals surface area contributed by atoms with Crippen molar-refractivity contribution in [2.45, 2.75) is 32.6 Å². The Labute approximate surface area is 61.6 Å². The van der Waals surface area contributed by atoms with Gasteiger partial charge < -0.3 is 4.74 Å². The molecule has 1 aliphatic rings. The molecule has 2 nitrogen and oxygen atoms in total. The van der Waals surface area contributed by atoms with Crippen molar-refractivity contribution in [3.8, 4) is 0 Å². The van der Waals surface area contributed by atoms with E-state index in [9.17, 15) is 4.79 Å². The van der Waals surface area contributed by atoms with Crippen molar-refractivity contribution in [3.63, 3.8) is 0 Å². The molecule has 0 atom stereocenters. The summed E-state index contributed by atoms with van der Waals surface area (Å²) in [5.41, 5.74) is 0.271. The van der Waals surface area contributed by atoms with Gasteiger partial charge in [-0.3, -0.25) is 4.79 Å². The monoisotopic (exact) mass is 142 g/mol. The molecule has 1 aliphatic carbocycles. The van der Waals surface area contributed by atoms with Gasteiger partial charge in [0.05, 0.1) is 13.5 Å². The molecular weight excluding hydrogens is 128 g/mol. The molecule has 0 aromatic heterocycles. The third kappa shape index (κ3) is 1.49. The van der Waals surface area contributed by atoms with E-state index in [1.807, 2.05) is 0 Å². The predicted octanol–water partition coefficient (Wildman–Crippen LogP) is 1.74. The highest BCUT2D eigenvalue weighted by Gasteiger charge is 2.34. The highest BCUT2D eigenvalue weighted by Crippen LogP contribution is 2.43. The minimum absolute atomic E-state index is 0.0674. The first-order valence-electron chi connectivity index (χ1n) is 3.73. The van der Waals surface area contributed by atoms with E-state index in [4.69, 9.17) is 0 Å². The standard InChI is InChI=1S/C8H14O2/c1-8(4-3-5-8)6-7(9)10-2/h3-6H2,1-2H3. The Morgan fingerprint density at radius 3 is 2.50 bits per heavy atom. The van der Waals surface area contributed by atoms with Gasteiger partial charge >= 0.3 is 5.97 Å². The van der Waals surface area contributed by atoms with Gasteiger partial charge in [-0.1, -0.05) is 13.3 Å². The first-order chi connectivity index (χ1) is 4.66. The zero-order valence-electron chi connectivity index (χ0n) is 6.64. The van der Waals surface area contributed by atoms with Crippen LogP contribution < -0.4 is 0 Å². The predicted molar refractivity (Wildman–Crippen MR) is 38.6 cm³/mol. The quantitative estimate of drug-likeness (QED) is 0.549. The second kappa shape index (κ2) is 2.60. The van der Waals surface area contributed by atoms with Gasteiger partial charge in [-0.05, 0) is 18.3 Å². The third-order valence-electron chi connectivity index (χ3n) is 2.36. The Bertz CT molecular complexity index is 136. The number of rotatable bonds is 2. The van der Waals surface area contributed by atoms with Gasteiger partial charge in [0.2, 0.25) is 0 Å². The zero-order valence-corrected chi connectivity index (χ0v) is 6.64. The van der Waals surface area contributed by atoms with Crippen LogP contribution >= 0.6 is 0 Å². The average Bonchev–Trinajstić information content (AvgIpc) is 1.84. The van der Waals surface area contributed by atoms with E-state index in [1.54, 1.807) is 0 Å². The van der Waals surface area contributed by atoms with E-state index in [0.717, 1.165) is 0 Å². The van der Waals surface area contributed by atoms with Crippen LogP contribution in [0.4, 0.5) is 0 Å². The zero-order chi connectivity index (χ0) is 7.61. The Balaban J connectivity index is 2.29. The van der Waals surface area contributed by atoms with Crippen LogP contribution in [0.25, 0.3) is 0 Å². The number of esters is 1. The molecule has 0 saturated heterocycles. The Morgan fingerprint density at radius 1 is 1.60 bits per heavy atom. The summed E-state index contributed by atoms with van der Waals surface area (Å²) >= 11 is 0. The van der Waals surface area contributed by atoms with Crippen molar-refractivity contribution in [2.24, 2.45) is 5.41 Å². The maximum Gasteiger partial charge on any atom is 0.306 e. The lowest BCUT2D eigenvalue weighted by molar-refractivity contribution is -0.144. The molecule has 1 saturated carbocycles. The van der Waals surface area contributed by atoms with Gasteiger partial charge in [0.25, 0.3) is 0 Å². The number of hydrogen-bond acceptors (Lipinski definition) is 2. The molecule has 0 amide bonds. The van der Waals surface area contributed by atoms with Crippen LogP contribution in [0.2, 0.25) is 0 Å². The van der Waals surface area contributed by atoms with Gasteiger partial charge in [-0.25, -0.2) is 0 Å². The van der Waals surface area contributed by atoms with Gasteiger partial charge in [-0.15, -0.1) is 0 Å².